The second kappa shape index (κ2) is 9.84. The van der Waals surface area contributed by atoms with Crippen LogP contribution in [0.4, 0.5) is 5.95 Å². The second-order valence-corrected chi connectivity index (χ2v) is 7.57. The fraction of sp³-hybridized carbons (Fsp3) is 0.526. The highest BCUT2D eigenvalue weighted by molar-refractivity contribution is 7.99. The van der Waals surface area contributed by atoms with Crippen LogP contribution in [0.5, 0.6) is 11.5 Å². The van der Waals surface area contributed by atoms with Crippen molar-refractivity contribution in [1.29, 1.82) is 0 Å². The van der Waals surface area contributed by atoms with Crippen LogP contribution in [0, 0.1) is 0 Å². The van der Waals surface area contributed by atoms with Crippen molar-refractivity contribution in [2.24, 2.45) is 7.05 Å². The zero-order valence-electron chi connectivity index (χ0n) is 17.2. The molecule has 0 aliphatic carbocycles. The summed E-state index contributed by atoms with van der Waals surface area (Å²) in [5, 5.41) is 12.2. The Hall–Kier alpha value is -2.46. The van der Waals surface area contributed by atoms with Gasteiger partial charge in [0.15, 0.2) is 5.16 Å². The minimum Gasteiger partial charge on any atom is -0.497 e. The van der Waals surface area contributed by atoms with Crippen molar-refractivity contribution in [3.63, 3.8) is 0 Å². The first-order valence-electron chi connectivity index (χ1n) is 9.39. The SMILES string of the molecule is COc1ccc(OC)c(C(C)NC(=O)CSc2nnc(N3CCOCC3)n2C)c1. The highest BCUT2D eigenvalue weighted by atomic mass is 32.2. The van der Waals surface area contributed by atoms with Crippen molar-refractivity contribution < 1.29 is 19.0 Å². The van der Waals surface area contributed by atoms with E-state index in [1.807, 2.05) is 36.7 Å². The third-order valence-corrected chi connectivity index (χ3v) is 5.74. The number of thioether (sulfide) groups is 1. The number of nitrogens with zero attached hydrogens (tertiary/aromatic N) is 4. The van der Waals surface area contributed by atoms with E-state index in [0.717, 1.165) is 24.6 Å². The lowest BCUT2D eigenvalue weighted by Crippen LogP contribution is -2.37. The van der Waals surface area contributed by atoms with Crippen LogP contribution in [0.2, 0.25) is 0 Å². The van der Waals surface area contributed by atoms with E-state index in [2.05, 4.69) is 20.4 Å². The maximum absolute atomic E-state index is 12.5. The molecule has 2 aromatic rings. The number of anilines is 1. The number of carbonyl (C=O) groups excluding carboxylic acids is 1. The number of ether oxygens (including phenoxy) is 3. The molecule has 158 valence electrons. The number of methoxy groups -OCH3 is 2. The van der Waals surface area contributed by atoms with Gasteiger partial charge < -0.3 is 24.4 Å². The molecule has 29 heavy (non-hydrogen) atoms. The van der Waals surface area contributed by atoms with Gasteiger partial charge in [-0.3, -0.25) is 9.36 Å². The Bertz CT molecular complexity index is 838. The smallest absolute Gasteiger partial charge is 0.230 e. The molecule has 1 saturated heterocycles. The third kappa shape index (κ3) is 5.13. The Morgan fingerprint density at radius 1 is 1.28 bits per heavy atom. The molecule has 1 atom stereocenters. The van der Waals surface area contributed by atoms with Gasteiger partial charge in [-0.25, -0.2) is 0 Å². The van der Waals surface area contributed by atoms with Crippen LogP contribution in [0.25, 0.3) is 0 Å². The summed E-state index contributed by atoms with van der Waals surface area (Å²) in [6.45, 7) is 4.86. The van der Waals surface area contributed by atoms with Gasteiger partial charge in [0, 0.05) is 25.7 Å². The quantitative estimate of drug-likeness (QED) is 0.644. The first-order chi connectivity index (χ1) is 14.0. The normalized spacial score (nSPS) is 15.1. The lowest BCUT2D eigenvalue weighted by molar-refractivity contribution is -0.119. The highest BCUT2D eigenvalue weighted by Crippen LogP contribution is 2.29. The number of nitrogens with one attached hydrogen (secondary N) is 1. The van der Waals surface area contributed by atoms with Crippen LogP contribution in [0.3, 0.4) is 0 Å². The zero-order valence-corrected chi connectivity index (χ0v) is 18.0. The van der Waals surface area contributed by atoms with Crippen molar-refractivity contribution in [3.8, 4) is 11.5 Å². The summed E-state index contributed by atoms with van der Waals surface area (Å²) in [6, 6.07) is 5.30. The molecule has 1 aromatic carbocycles. The number of aromatic nitrogens is 3. The van der Waals surface area contributed by atoms with Crippen LogP contribution in [-0.4, -0.2) is 66.9 Å². The summed E-state index contributed by atoms with van der Waals surface area (Å²) in [4.78, 5) is 14.6. The Morgan fingerprint density at radius 2 is 2.03 bits per heavy atom. The van der Waals surface area contributed by atoms with Crippen molar-refractivity contribution in [2.75, 3.05) is 51.2 Å². The second-order valence-electron chi connectivity index (χ2n) is 6.63. The van der Waals surface area contributed by atoms with Crippen LogP contribution < -0.4 is 19.7 Å². The van der Waals surface area contributed by atoms with E-state index >= 15 is 0 Å². The molecule has 1 aliphatic rings. The molecule has 1 aliphatic heterocycles. The Kier molecular flexibility index (Phi) is 7.21. The van der Waals surface area contributed by atoms with Gasteiger partial charge in [0.25, 0.3) is 0 Å². The van der Waals surface area contributed by atoms with Crippen LogP contribution >= 0.6 is 11.8 Å². The first kappa shape index (κ1) is 21.3. The number of morpholine rings is 1. The van der Waals surface area contributed by atoms with Crippen molar-refractivity contribution in [2.45, 2.75) is 18.1 Å². The molecule has 0 bridgehead atoms. The fourth-order valence-corrected chi connectivity index (χ4v) is 3.86. The predicted octanol–water partition coefficient (Wildman–Crippen LogP) is 1.64. The molecule has 0 radical (unpaired) electrons. The first-order valence-corrected chi connectivity index (χ1v) is 10.4. The van der Waals surface area contributed by atoms with Crippen molar-refractivity contribution >= 4 is 23.6 Å². The fourth-order valence-electron chi connectivity index (χ4n) is 3.14. The van der Waals surface area contributed by atoms with Crippen LogP contribution in [0.15, 0.2) is 23.4 Å². The van der Waals surface area contributed by atoms with Gasteiger partial charge >= 0.3 is 0 Å². The highest BCUT2D eigenvalue weighted by Gasteiger charge is 2.20. The van der Waals surface area contributed by atoms with Crippen LogP contribution in [-0.2, 0) is 16.6 Å². The van der Waals surface area contributed by atoms with Gasteiger partial charge in [-0.2, -0.15) is 0 Å². The van der Waals surface area contributed by atoms with E-state index in [1.165, 1.54) is 11.8 Å². The molecule has 3 rings (SSSR count). The van der Waals surface area contributed by atoms with E-state index in [-0.39, 0.29) is 17.7 Å². The van der Waals surface area contributed by atoms with Gasteiger partial charge in [0.2, 0.25) is 11.9 Å². The van der Waals surface area contributed by atoms with Crippen molar-refractivity contribution in [1.82, 2.24) is 20.1 Å². The van der Waals surface area contributed by atoms with Gasteiger partial charge in [-0.05, 0) is 25.1 Å². The lowest BCUT2D eigenvalue weighted by Gasteiger charge is -2.27. The number of hydrogen-bond acceptors (Lipinski definition) is 8. The minimum atomic E-state index is -0.225. The van der Waals surface area contributed by atoms with Gasteiger partial charge in [-0.1, -0.05) is 11.8 Å². The molecule has 1 fully saturated rings. The van der Waals surface area contributed by atoms with E-state index in [0.29, 0.717) is 29.9 Å². The molecule has 2 heterocycles. The summed E-state index contributed by atoms with van der Waals surface area (Å²) in [5.41, 5.74) is 0.860. The lowest BCUT2D eigenvalue weighted by atomic mass is 10.1. The van der Waals surface area contributed by atoms with E-state index < -0.39 is 0 Å². The topological polar surface area (TPSA) is 90.7 Å². The zero-order chi connectivity index (χ0) is 20.8. The largest absolute Gasteiger partial charge is 0.497 e. The third-order valence-electron chi connectivity index (χ3n) is 4.72. The molecule has 1 amide bonds. The van der Waals surface area contributed by atoms with E-state index in [4.69, 9.17) is 14.2 Å². The maximum atomic E-state index is 12.5. The number of rotatable bonds is 8. The van der Waals surface area contributed by atoms with Gasteiger partial charge in [0.1, 0.15) is 11.5 Å². The summed E-state index contributed by atoms with van der Waals surface area (Å²) < 4.78 is 18.0. The van der Waals surface area contributed by atoms with Gasteiger partial charge in [-0.15, -0.1) is 10.2 Å². The number of carbonyl (C=O) groups is 1. The summed E-state index contributed by atoms with van der Waals surface area (Å²) in [7, 11) is 5.13. The summed E-state index contributed by atoms with van der Waals surface area (Å²) in [6.07, 6.45) is 0. The molecule has 1 aromatic heterocycles. The standard InChI is InChI=1S/C19H27N5O4S/c1-13(15-11-14(26-3)5-6-16(15)27-4)20-17(25)12-29-19-22-21-18(23(19)2)24-7-9-28-10-8-24/h5-6,11,13H,7-10,12H2,1-4H3,(H,20,25). The average Bonchev–Trinajstić information content (AvgIpc) is 3.12. The molecule has 0 spiro atoms. The summed E-state index contributed by atoms with van der Waals surface area (Å²) >= 11 is 1.36. The Balaban J connectivity index is 1.58. The monoisotopic (exact) mass is 421 g/mol. The number of hydrogen-bond donors (Lipinski definition) is 1. The number of benzene rings is 1. The molecule has 9 nitrogen and oxygen atoms in total. The molecular formula is C19H27N5O4S. The molecule has 0 saturated carbocycles. The Morgan fingerprint density at radius 3 is 2.72 bits per heavy atom. The maximum Gasteiger partial charge on any atom is 0.230 e. The molecule has 1 N–H and O–H groups in total. The molecular weight excluding hydrogens is 394 g/mol. The van der Waals surface area contributed by atoms with E-state index in [9.17, 15) is 4.79 Å². The predicted molar refractivity (Wildman–Crippen MR) is 111 cm³/mol. The van der Waals surface area contributed by atoms with Crippen LogP contribution in [0.1, 0.15) is 18.5 Å². The molecule has 1 unspecified atom stereocenters. The van der Waals surface area contributed by atoms with Gasteiger partial charge in [0.05, 0.1) is 39.2 Å². The number of amides is 1. The minimum absolute atomic E-state index is 0.0942. The summed E-state index contributed by atoms with van der Waals surface area (Å²) in [5.74, 6) is 2.36. The average molecular weight is 422 g/mol. The molecule has 10 heteroatoms. The van der Waals surface area contributed by atoms with E-state index in [1.54, 1.807) is 14.2 Å². The Labute approximate surface area is 174 Å². The van der Waals surface area contributed by atoms with Crippen molar-refractivity contribution in [3.05, 3.63) is 23.8 Å².